The third kappa shape index (κ3) is 3.93. The number of amides is 1. The molecule has 28 heavy (non-hydrogen) atoms. The number of hydrazine groups is 2. The van der Waals surface area contributed by atoms with Crippen molar-refractivity contribution < 1.29 is 4.79 Å². The van der Waals surface area contributed by atoms with Gasteiger partial charge in [0.15, 0.2) is 0 Å². The van der Waals surface area contributed by atoms with Gasteiger partial charge in [0, 0.05) is 42.5 Å². The Balaban J connectivity index is 1.66. The number of rotatable bonds is 5. The lowest BCUT2D eigenvalue weighted by molar-refractivity contribution is -0.132. The number of aromatic nitrogens is 2. The minimum absolute atomic E-state index is 0.00650. The van der Waals surface area contributed by atoms with E-state index in [0.29, 0.717) is 18.1 Å². The Bertz CT molecular complexity index is 951. The fraction of sp³-hybridized carbons (Fsp3) is 0.200. The van der Waals surface area contributed by atoms with Crippen LogP contribution in [0.25, 0.3) is 16.9 Å². The first-order chi connectivity index (χ1) is 13.6. The first-order valence-corrected chi connectivity index (χ1v) is 9.38. The summed E-state index contributed by atoms with van der Waals surface area (Å²) in [5.41, 5.74) is 12.3. The van der Waals surface area contributed by atoms with E-state index in [1.54, 1.807) is 11.9 Å². The summed E-state index contributed by atoms with van der Waals surface area (Å²) < 4.78 is 1.84. The highest BCUT2D eigenvalue weighted by molar-refractivity contribution is 6.30. The molecule has 2 aromatic carbocycles. The SMILES string of the molecule is CN(Cc1cn(-c2ccccc2)nc1-c1ccc(Cl)cc1)C(=O)C1CNNN1. The minimum Gasteiger partial charge on any atom is -0.340 e. The Hall–Kier alpha value is -2.71. The van der Waals surface area contributed by atoms with E-state index >= 15 is 0 Å². The summed E-state index contributed by atoms with van der Waals surface area (Å²) in [7, 11) is 1.80. The van der Waals surface area contributed by atoms with Crippen molar-refractivity contribution in [2.45, 2.75) is 12.6 Å². The molecule has 1 fully saturated rings. The molecule has 1 amide bonds. The number of carbonyl (C=O) groups excluding carboxylic acids is 1. The normalized spacial score (nSPS) is 16.3. The van der Waals surface area contributed by atoms with Crippen LogP contribution in [0, 0.1) is 0 Å². The van der Waals surface area contributed by atoms with Crippen molar-refractivity contribution in [3.05, 3.63) is 71.4 Å². The minimum atomic E-state index is -0.298. The summed E-state index contributed by atoms with van der Waals surface area (Å²) >= 11 is 6.04. The van der Waals surface area contributed by atoms with Gasteiger partial charge in [-0.15, -0.1) is 0 Å². The molecule has 2 heterocycles. The zero-order valence-corrected chi connectivity index (χ0v) is 16.1. The highest BCUT2D eigenvalue weighted by atomic mass is 35.5. The van der Waals surface area contributed by atoms with Gasteiger partial charge < -0.3 is 4.90 Å². The summed E-state index contributed by atoms with van der Waals surface area (Å²) in [4.78, 5) is 14.4. The molecule has 0 spiro atoms. The van der Waals surface area contributed by atoms with E-state index in [2.05, 4.69) is 16.4 Å². The number of likely N-dealkylation sites (N-methyl/N-ethyl adjacent to an activating group) is 1. The number of hydrogen-bond acceptors (Lipinski definition) is 5. The second-order valence-corrected chi connectivity index (χ2v) is 7.12. The molecule has 1 aliphatic rings. The van der Waals surface area contributed by atoms with E-state index in [0.717, 1.165) is 22.5 Å². The van der Waals surface area contributed by atoms with Crippen molar-refractivity contribution >= 4 is 17.5 Å². The molecule has 8 heteroatoms. The van der Waals surface area contributed by atoms with E-state index < -0.39 is 0 Å². The zero-order chi connectivity index (χ0) is 19.5. The molecule has 0 aliphatic carbocycles. The van der Waals surface area contributed by atoms with Gasteiger partial charge in [-0.1, -0.05) is 41.9 Å². The van der Waals surface area contributed by atoms with Gasteiger partial charge in [0.05, 0.1) is 11.4 Å². The van der Waals surface area contributed by atoms with Gasteiger partial charge in [-0.2, -0.15) is 10.6 Å². The van der Waals surface area contributed by atoms with Gasteiger partial charge >= 0.3 is 0 Å². The Morgan fingerprint density at radius 1 is 1.21 bits per heavy atom. The van der Waals surface area contributed by atoms with E-state index in [4.69, 9.17) is 16.7 Å². The molecule has 0 radical (unpaired) electrons. The molecule has 1 saturated heterocycles. The van der Waals surface area contributed by atoms with Crippen LogP contribution < -0.4 is 16.4 Å². The molecule has 144 valence electrons. The highest BCUT2D eigenvalue weighted by Crippen LogP contribution is 2.26. The van der Waals surface area contributed by atoms with Crippen LogP contribution >= 0.6 is 11.6 Å². The number of benzene rings is 2. The molecule has 3 aromatic rings. The molecule has 3 N–H and O–H groups in total. The average molecular weight is 397 g/mol. The van der Waals surface area contributed by atoms with Crippen molar-refractivity contribution in [1.82, 2.24) is 31.1 Å². The zero-order valence-electron chi connectivity index (χ0n) is 15.4. The van der Waals surface area contributed by atoms with Gasteiger partial charge in [-0.3, -0.25) is 4.79 Å². The Kier molecular flexibility index (Phi) is 5.40. The van der Waals surface area contributed by atoms with Crippen LogP contribution in [0.15, 0.2) is 60.8 Å². The van der Waals surface area contributed by atoms with Crippen LogP contribution in [-0.2, 0) is 11.3 Å². The van der Waals surface area contributed by atoms with Crippen molar-refractivity contribution in [3.63, 3.8) is 0 Å². The van der Waals surface area contributed by atoms with Crippen LogP contribution in [0.5, 0.6) is 0 Å². The number of para-hydroxylation sites is 1. The van der Waals surface area contributed by atoms with Crippen LogP contribution in [0.4, 0.5) is 0 Å². The summed E-state index contributed by atoms with van der Waals surface area (Å²) in [5.74, 6) is 0.00650. The Labute approximate surface area is 168 Å². The van der Waals surface area contributed by atoms with Crippen LogP contribution in [0.3, 0.4) is 0 Å². The average Bonchev–Trinajstić information content (AvgIpc) is 3.39. The molecule has 0 bridgehead atoms. The third-order valence-electron chi connectivity index (χ3n) is 4.65. The predicted molar refractivity (Wildman–Crippen MR) is 109 cm³/mol. The molecular weight excluding hydrogens is 376 g/mol. The second kappa shape index (κ2) is 8.12. The Morgan fingerprint density at radius 2 is 1.96 bits per heavy atom. The largest absolute Gasteiger partial charge is 0.340 e. The fourth-order valence-electron chi connectivity index (χ4n) is 3.18. The molecule has 1 aliphatic heterocycles. The number of nitrogens with zero attached hydrogens (tertiary/aromatic N) is 3. The van der Waals surface area contributed by atoms with Gasteiger partial charge in [0.25, 0.3) is 0 Å². The summed E-state index contributed by atoms with van der Waals surface area (Å²) in [6.45, 7) is 0.984. The molecule has 7 nitrogen and oxygen atoms in total. The standard InChI is InChI=1S/C20H21ClN6O/c1-26(20(28)18-11-22-25-23-18)12-15-13-27(17-5-3-2-4-6-17)24-19(15)14-7-9-16(21)10-8-14/h2-10,13,18,22-23,25H,11-12H2,1H3. The van der Waals surface area contributed by atoms with Crippen molar-refractivity contribution in [3.8, 4) is 16.9 Å². The Morgan fingerprint density at radius 3 is 2.64 bits per heavy atom. The van der Waals surface area contributed by atoms with Crippen molar-refractivity contribution in [1.29, 1.82) is 0 Å². The summed E-state index contributed by atoms with van der Waals surface area (Å²) in [5, 5.41) is 5.46. The molecule has 1 unspecified atom stereocenters. The molecule has 1 aromatic heterocycles. The fourth-order valence-corrected chi connectivity index (χ4v) is 3.31. The maximum Gasteiger partial charge on any atom is 0.242 e. The predicted octanol–water partition coefficient (Wildman–Crippen LogP) is 2.13. The van der Waals surface area contributed by atoms with E-state index in [1.165, 1.54) is 0 Å². The molecule has 0 saturated carbocycles. The second-order valence-electron chi connectivity index (χ2n) is 6.69. The first-order valence-electron chi connectivity index (χ1n) is 9.00. The first kappa shape index (κ1) is 18.6. The van der Waals surface area contributed by atoms with Gasteiger partial charge in [-0.25, -0.2) is 15.5 Å². The van der Waals surface area contributed by atoms with E-state index in [-0.39, 0.29) is 11.9 Å². The third-order valence-corrected chi connectivity index (χ3v) is 4.90. The quantitative estimate of drug-likeness (QED) is 0.616. The van der Waals surface area contributed by atoms with Crippen molar-refractivity contribution in [2.75, 3.05) is 13.6 Å². The summed E-state index contributed by atoms with van der Waals surface area (Å²) in [6, 6.07) is 17.2. The number of nitrogens with one attached hydrogen (secondary N) is 3. The molecular formula is C20H21ClN6O. The lowest BCUT2D eigenvalue weighted by atomic mass is 10.1. The number of hydrogen-bond donors (Lipinski definition) is 3. The van der Waals surface area contributed by atoms with Crippen LogP contribution in [0.1, 0.15) is 5.56 Å². The van der Waals surface area contributed by atoms with Gasteiger partial charge in [0.2, 0.25) is 5.91 Å². The van der Waals surface area contributed by atoms with Gasteiger partial charge in [0.1, 0.15) is 6.04 Å². The maximum atomic E-state index is 12.7. The van der Waals surface area contributed by atoms with Gasteiger partial charge in [-0.05, 0) is 24.3 Å². The number of halogens is 1. The summed E-state index contributed by atoms with van der Waals surface area (Å²) in [6.07, 6.45) is 1.97. The van der Waals surface area contributed by atoms with E-state index in [9.17, 15) is 4.79 Å². The van der Waals surface area contributed by atoms with Crippen molar-refractivity contribution in [2.24, 2.45) is 0 Å². The smallest absolute Gasteiger partial charge is 0.242 e. The molecule has 4 rings (SSSR count). The topological polar surface area (TPSA) is 74.2 Å². The van der Waals surface area contributed by atoms with Crippen LogP contribution in [-0.4, -0.2) is 40.2 Å². The highest BCUT2D eigenvalue weighted by Gasteiger charge is 2.26. The monoisotopic (exact) mass is 396 g/mol. The maximum absolute atomic E-state index is 12.7. The lowest BCUT2D eigenvalue weighted by Crippen LogP contribution is -2.44. The van der Waals surface area contributed by atoms with Crippen LogP contribution in [0.2, 0.25) is 5.02 Å². The van der Waals surface area contributed by atoms with E-state index in [1.807, 2.05) is 65.5 Å². The number of carbonyl (C=O) groups is 1. The molecule has 1 atom stereocenters. The lowest BCUT2D eigenvalue weighted by Gasteiger charge is -2.20.